The molecule has 9 nitrogen and oxygen atoms in total. The minimum absolute atomic E-state index is 0.0536. The number of fused-ring (bicyclic) bond motifs is 1. The molecule has 44 heavy (non-hydrogen) atoms. The summed E-state index contributed by atoms with van der Waals surface area (Å²) in [5.74, 6) is 0.246. The number of nitrogens with zero attached hydrogens (tertiary/aromatic N) is 3. The van der Waals surface area contributed by atoms with Gasteiger partial charge in [0.15, 0.2) is 11.6 Å². The van der Waals surface area contributed by atoms with E-state index in [1.54, 1.807) is 25.6 Å². The molecule has 0 bridgehead atoms. The van der Waals surface area contributed by atoms with Gasteiger partial charge < -0.3 is 30.0 Å². The number of carbonyl (C=O) groups excluding carboxylic acids is 1. The topological polar surface area (TPSA) is 102 Å². The number of hydrogen-bond acceptors (Lipinski definition) is 7. The second kappa shape index (κ2) is 13.2. The van der Waals surface area contributed by atoms with E-state index < -0.39 is 28.6 Å². The summed E-state index contributed by atoms with van der Waals surface area (Å²) in [5.41, 5.74) is 0.455. The van der Waals surface area contributed by atoms with Crippen LogP contribution in [0.3, 0.4) is 0 Å². The van der Waals surface area contributed by atoms with Crippen molar-refractivity contribution in [1.82, 2.24) is 19.9 Å². The maximum Gasteiger partial charge on any atom is 0.417 e. The Labute approximate surface area is 257 Å². The quantitative estimate of drug-likeness (QED) is 0.106. The van der Waals surface area contributed by atoms with E-state index in [9.17, 15) is 18.0 Å². The van der Waals surface area contributed by atoms with Gasteiger partial charge >= 0.3 is 12.2 Å². The molecule has 230 valence electrons. The first-order valence-corrected chi connectivity index (χ1v) is 14.2. The van der Waals surface area contributed by atoms with Gasteiger partial charge in [0, 0.05) is 57.0 Å². The molecule has 0 spiro atoms. The summed E-state index contributed by atoms with van der Waals surface area (Å²) in [7, 11) is 3.57. The average Bonchev–Trinajstić information content (AvgIpc) is 3.56. The highest BCUT2D eigenvalue weighted by atomic mass is 35.5. The van der Waals surface area contributed by atoms with E-state index in [4.69, 9.17) is 21.1 Å². The Morgan fingerprint density at radius 2 is 1.80 bits per heavy atom. The lowest BCUT2D eigenvalue weighted by molar-refractivity contribution is -0.137. The third-order valence-corrected chi connectivity index (χ3v) is 7.87. The molecular formula is C29H25ClF4N6O3S. The highest BCUT2D eigenvalue weighted by molar-refractivity contribution is 7.22. The molecule has 2 aromatic carbocycles. The van der Waals surface area contributed by atoms with Gasteiger partial charge in [-0.05, 0) is 36.4 Å². The first kappa shape index (κ1) is 31.2. The monoisotopic (exact) mass is 648 g/mol. The number of thiophene rings is 1. The summed E-state index contributed by atoms with van der Waals surface area (Å²) < 4.78 is 68.0. The van der Waals surface area contributed by atoms with E-state index in [-0.39, 0.29) is 17.1 Å². The van der Waals surface area contributed by atoms with Crippen LogP contribution < -0.4 is 20.7 Å². The molecule has 0 saturated carbocycles. The number of hydrogen-bond donors (Lipinski definition) is 3. The van der Waals surface area contributed by atoms with Crippen molar-refractivity contribution in [3.05, 3.63) is 83.0 Å². The van der Waals surface area contributed by atoms with E-state index >= 15 is 4.39 Å². The first-order chi connectivity index (χ1) is 21.0. The molecule has 0 aliphatic carbocycles. The second-order valence-electron chi connectivity index (χ2n) is 9.45. The summed E-state index contributed by atoms with van der Waals surface area (Å²) in [6, 6.07) is 9.34. The molecule has 5 rings (SSSR count). The number of rotatable bonds is 10. The van der Waals surface area contributed by atoms with Crippen LogP contribution in [0.4, 0.5) is 33.7 Å². The Morgan fingerprint density at radius 3 is 2.52 bits per heavy atom. The molecule has 0 saturated heterocycles. The number of methoxy groups -OCH3 is 1. The van der Waals surface area contributed by atoms with Gasteiger partial charge in [-0.1, -0.05) is 11.6 Å². The lowest BCUT2D eigenvalue weighted by atomic mass is 10.2. The number of nitrogens with one attached hydrogen (secondary N) is 3. The SMILES string of the molecule is COCCNCc1cnc(-c2cc3nccc(Oc4ccc(NC(=O)Nc5ccc(Cl)c(C(F)(F)F)c5)cc4F)c3s2)n1C. The predicted molar refractivity (Wildman–Crippen MR) is 161 cm³/mol. The molecule has 5 aromatic rings. The zero-order valence-corrected chi connectivity index (χ0v) is 24.8. The van der Waals surface area contributed by atoms with Crippen LogP contribution in [0, 0.1) is 5.82 Å². The van der Waals surface area contributed by atoms with Gasteiger partial charge in [-0.2, -0.15) is 13.2 Å². The van der Waals surface area contributed by atoms with Crippen molar-refractivity contribution in [2.45, 2.75) is 12.7 Å². The van der Waals surface area contributed by atoms with Crippen molar-refractivity contribution >= 4 is 50.6 Å². The van der Waals surface area contributed by atoms with E-state index in [1.807, 2.05) is 17.7 Å². The molecule has 0 aliphatic heterocycles. The molecule has 0 radical (unpaired) electrons. The third-order valence-electron chi connectivity index (χ3n) is 6.41. The van der Waals surface area contributed by atoms with Crippen LogP contribution in [-0.4, -0.2) is 40.8 Å². The van der Waals surface area contributed by atoms with Crippen LogP contribution in [0.15, 0.2) is 60.9 Å². The number of imidazole rings is 1. The second-order valence-corrected chi connectivity index (χ2v) is 10.9. The van der Waals surface area contributed by atoms with Crippen LogP contribution in [0.25, 0.3) is 20.9 Å². The number of anilines is 2. The van der Waals surface area contributed by atoms with Gasteiger partial charge in [-0.15, -0.1) is 11.3 Å². The zero-order valence-electron chi connectivity index (χ0n) is 23.3. The molecule has 0 fully saturated rings. The summed E-state index contributed by atoms with van der Waals surface area (Å²) >= 11 is 7.02. The van der Waals surface area contributed by atoms with Gasteiger partial charge in [-0.25, -0.2) is 14.2 Å². The minimum Gasteiger partial charge on any atom is -0.453 e. The van der Waals surface area contributed by atoms with Crippen LogP contribution in [0.5, 0.6) is 11.5 Å². The van der Waals surface area contributed by atoms with E-state index in [0.29, 0.717) is 41.7 Å². The third kappa shape index (κ3) is 7.10. The van der Waals surface area contributed by atoms with Crippen molar-refractivity contribution in [2.24, 2.45) is 7.05 Å². The van der Waals surface area contributed by atoms with Gasteiger partial charge in [-0.3, -0.25) is 4.98 Å². The van der Waals surface area contributed by atoms with Gasteiger partial charge in [0.1, 0.15) is 11.6 Å². The summed E-state index contributed by atoms with van der Waals surface area (Å²) in [6.07, 6.45) is -1.35. The molecule has 0 aliphatic rings. The Kier molecular flexibility index (Phi) is 9.34. The lowest BCUT2D eigenvalue weighted by Gasteiger charge is -2.13. The molecule has 0 unspecified atom stereocenters. The minimum atomic E-state index is -4.70. The van der Waals surface area contributed by atoms with Gasteiger partial charge in [0.2, 0.25) is 0 Å². The standard InChI is InChI=1S/C29H25ClF4N6O3S/c1-40-18(14-35-9-10-42-2)15-37-27(40)25-13-22-26(44-25)24(7-8-36-22)43-23-6-4-17(12-21(23)31)39-28(41)38-16-3-5-20(30)19(11-16)29(32,33)34/h3-8,11-13,15,35H,9-10,14H2,1-2H3,(H2,38,39,41). The number of amides is 2. The fourth-order valence-electron chi connectivity index (χ4n) is 4.23. The maximum absolute atomic E-state index is 15.0. The molecule has 2 amide bonds. The number of carbonyl (C=O) groups is 1. The molecule has 3 aromatic heterocycles. The van der Waals surface area contributed by atoms with Crippen LogP contribution in [0.2, 0.25) is 5.02 Å². The Morgan fingerprint density at radius 1 is 1.05 bits per heavy atom. The Bertz CT molecular complexity index is 1810. The molecular weight excluding hydrogens is 624 g/mol. The van der Waals surface area contributed by atoms with Crippen molar-refractivity contribution in [3.63, 3.8) is 0 Å². The fourth-order valence-corrected chi connectivity index (χ4v) is 5.55. The number of aromatic nitrogens is 3. The van der Waals surface area contributed by atoms with Crippen LogP contribution >= 0.6 is 22.9 Å². The molecule has 3 heterocycles. The van der Waals surface area contributed by atoms with Crippen molar-refractivity contribution in [3.8, 4) is 22.2 Å². The highest BCUT2D eigenvalue weighted by Gasteiger charge is 2.33. The van der Waals surface area contributed by atoms with Crippen LogP contribution in [-0.2, 0) is 24.5 Å². The number of pyridine rings is 1. The van der Waals surface area contributed by atoms with Crippen molar-refractivity contribution in [1.29, 1.82) is 0 Å². The van der Waals surface area contributed by atoms with Crippen molar-refractivity contribution < 1.29 is 31.8 Å². The number of halogens is 5. The normalized spacial score (nSPS) is 11.6. The summed E-state index contributed by atoms with van der Waals surface area (Å²) in [5, 5.41) is 7.45. The predicted octanol–water partition coefficient (Wildman–Crippen LogP) is 7.68. The maximum atomic E-state index is 15.0. The molecule has 3 N–H and O–H groups in total. The number of ether oxygens (including phenoxy) is 2. The Balaban J connectivity index is 1.28. The average molecular weight is 649 g/mol. The van der Waals surface area contributed by atoms with Gasteiger partial charge in [0.05, 0.1) is 44.2 Å². The number of alkyl halides is 3. The largest absolute Gasteiger partial charge is 0.453 e. The molecule has 15 heteroatoms. The first-order valence-electron chi connectivity index (χ1n) is 13.0. The van der Waals surface area contributed by atoms with Crippen LogP contribution in [0.1, 0.15) is 11.3 Å². The van der Waals surface area contributed by atoms with E-state index in [1.165, 1.54) is 29.5 Å². The fraction of sp³-hybridized carbons (Fsp3) is 0.207. The van der Waals surface area contributed by atoms with E-state index in [0.717, 1.165) is 28.5 Å². The highest BCUT2D eigenvalue weighted by Crippen LogP contribution is 2.40. The number of benzene rings is 2. The summed E-state index contributed by atoms with van der Waals surface area (Å²) in [6.45, 7) is 1.93. The molecule has 0 atom stereocenters. The van der Waals surface area contributed by atoms with E-state index in [2.05, 4.69) is 25.9 Å². The number of urea groups is 1. The lowest BCUT2D eigenvalue weighted by Crippen LogP contribution is -2.20. The smallest absolute Gasteiger partial charge is 0.417 e. The summed E-state index contributed by atoms with van der Waals surface area (Å²) in [4.78, 5) is 22.2. The van der Waals surface area contributed by atoms with Gasteiger partial charge in [0.25, 0.3) is 0 Å². The zero-order chi connectivity index (χ0) is 31.4. The van der Waals surface area contributed by atoms with Crippen molar-refractivity contribution in [2.75, 3.05) is 30.9 Å². The Hall–Kier alpha value is -4.24.